The number of pyridine rings is 1. The maximum atomic E-state index is 5.82. The molecule has 0 saturated heterocycles. The van der Waals surface area contributed by atoms with Crippen LogP contribution in [0.2, 0.25) is 0 Å². The van der Waals surface area contributed by atoms with Crippen LogP contribution in [0.4, 0.5) is 0 Å². The van der Waals surface area contributed by atoms with Gasteiger partial charge in [0.25, 0.3) is 0 Å². The van der Waals surface area contributed by atoms with Crippen LogP contribution in [-0.2, 0) is 0 Å². The van der Waals surface area contributed by atoms with E-state index in [0.29, 0.717) is 5.88 Å². The molecule has 0 bridgehead atoms. The van der Waals surface area contributed by atoms with Crippen LogP contribution in [0.3, 0.4) is 0 Å². The Balaban J connectivity index is 2.80. The van der Waals surface area contributed by atoms with Gasteiger partial charge in [0.2, 0.25) is 0 Å². The molecule has 0 N–H and O–H groups in total. The van der Waals surface area contributed by atoms with Crippen LogP contribution in [0, 0.1) is 0 Å². The molecular formula is C9H13ClN2. The van der Waals surface area contributed by atoms with Gasteiger partial charge in [-0.05, 0) is 26.2 Å². The monoisotopic (exact) mass is 184 g/mol. The van der Waals surface area contributed by atoms with Gasteiger partial charge < -0.3 is 0 Å². The summed E-state index contributed by atoms with van der Waals surface area (Å²) in [5.74, 6) is 0.573. The van der Waals surface area contributed by atoms with Crippen molar-refractivity contribution in [3.63, 3.8) is 0 Å². The van der Waals surface area contributed by atoms with Crippen molar-refractivity contribution in [2.75, 3.05) is 20.0 Å². The van der Waals surface area contributed by atoms with Gasteiger partial charge in [-0.3, -0.25) is 9.88 Å². The van der Waals surface area contributed by atoms with E-state index in [-0.39, 0.29) is 6.04 Å². The van der Waals surface area contributed by atoms with Gasteiger partial charge in [-0.1, -0.05) is 6.07 Å². The molecule has 0 saturated carbocycles. The predicted octanol–water partition coefficient (Wildman–Crippen LogP) is 1.92. The second-order valence-corrected chi connectivity index (χ2v) is 3.20. The van der Waals surface area contributed by atoms with Crippen LogP contribution in [0.5, 0.6) is 0 Å². The first-order valence-corrected chi connectivity index (χ1v) is 4.42. The van der Waals surface area contributed by atoms with Gasteiger partial charge in [-0.15, -0.1) is 11.6 Å². The number of nitrogens with zero attached hydrogens (tertiary/aromatic N) is 2. The molecule has 0 aliphatic rings. The lowest BCUT2D eigenvalue weighted by atomic mass is 10.2. The number of rotatable bonds is 3. The van der Waals surface area contributed by atoms with Gasteiger partial charge in [0.15, 0.2) is 0 Å². The molecule has 3 heteroatoms. The third-order valence-electron chi connectivity index (χ3n) is 1.80. The van der Waals surface area contributed by atoms with Crippen molar-refractivity contribution in [1.82, 2.24) is 9.88 Å². The zero-order valence-electron chi connectivity index (χ0n) is 7.37. The van der Waals surface area contributed by atoms with Crippen molar-refractivity contribution in [2.45, 2.75) is 6.04 Å². The molecule has 66 valence electrons. The Bertz CT molecular complexity index is 223. The zero-order chi connectivity index (χ0) is 8.97. The van der Waals surface area contributed by atoms with Crippen LogP contribution in [0.25, 0.3) is 0 Å². The SMILES string of the molecule is CN(C)C(CCl)c1ccccn1. The lowest BCUT2D eigenvalue weighted by Gasteiger charge is -2.20. The third-order valence-corrected chi connectivity index (χ3v) is 2.09. The standard InChI is InChI=1S/C9H13ClN2/c1-12(2)9(7-10)8-5-3-4-6-11-8/h3-6,9H,7H2,1-2H3. The Morgan fingerprint density at radius 3 is 2.67 bits per heavy atom. The van der Waals surface area contributed by atoms with E-state index in [4.69, 9.17) is 11.6 Å². The van der Waals surface area contributed by atoms with Gasteiger partial charge in [0.05, 0.1) is 11.7 Å². The highest BCUT2D eigenvalue weighted by Gasteiger charge is 2.12. The number of hydrogen-bond acceptors (Lipinski definition) is 2. The van der Waals surface area contributed by atoms with E-state index >= 15 is 0 Å². The quantitative estimate of drug-likeness (QED) is 0.668. The Morgan fingerprint density at radius 1 is 1.50 bits per heavy atom. The predicted molar refractivity (Wildman–Crippen MR) is 51.4 cm³/mol. The second-order valence-electron chi connectivity index (χ2n) is 2.89. The van der Waals surface area contributed by atoms with Crippen molar-refractivity contribution in [3.05, 3.63) is 30.1 Å². The Kier molecular flexibility index (Phi) is 3.50. The van der Waals surface area contributed by atoms with E-state index < -0.39 is 0 Å². The molecule has 0 fully saturated rings. The van der Waals surface area contributed by atoms with Crippen LogP contribution in [0.15, 0.2) is 24.4 Å². The molecule has 12 heavy (non-hydrogen) atoms. The first-order valence-electron chi connectivity index (χ1n) is 3.89. The molecule has 1 aromatic heterocycles. The smallest absolute Gasteiger partial charge is 0.0652 e. The van der Waals surface area contributed by atoms with E-state index in [0.717, 1.165) is 5.69 Å². The summed E-state index contributed by atoms with van der Waals surface area (Å²) in [7, 11) is 4.00. The summed E-state index contributed by atoms with van der Waals surface area (Å²) >= 11 is 5.82. The van der Waals surface area contributed by atoms with E-state index in [1.54, 1.807) is 6.20 Å². The van der Waals surface area contributed by atoms with Gasteiger partial charge in [0.1, 0.15) is 0 Å². The molecule has 2 nitrogen and oxygen atoms in total. The summed E-state index contributed by atoms with van der Waals surface area (Å²) in [6, 6.07) is 6.09. The van der Waals surface area contributed by atoms with E-state index in [1.807, 2.05) is 32.3 Å². The third kappa shape index (κ3) is 2.19. The molecule has 1 aromatic rings. The van der Waals surface area contributed by atoms with Gasteiger partial charge in [-0.2, -0.15) is 0 Å². The van der Waals surface area contributed by atoms with Crippen molar-refractivity contribution in [2.24, 2.45) is 0 Å². The highest BCUT2D eigenvalue weighted by atomic mass is 35.5. The van der Waals surface area contributed by atoms with Gasteiger partial charge in [-0.25, -0.2) is 0 Å². The van der Waals surface area contributed by atoms with Gasteiger partial charge >= 0.3 is 0 Å². The maximum absolute atomic E-state index is 5.82. The van der Waals surface area contributed by atoms with Crippen molar-refractivity contribution in [1.29, 1.82) is 0 Å². The Hall–Kier alpha value is -0.600. The zero-order valence-corrected chi connectivity index (χ0v) is 8.12. The van der Waals surface area contributed by atoms with Crippen molar-refractivity contribution >= 4 is 11.6 Å². The molecule has 0 radical (unpaired) electrons. The second kappa shape index (κ2) is 4.43. The fourth-order valence-electron chi connectivity index (χ4n) is 1.05. The molecule has 0 aliphatic carbocycles. The number of hydrogen-bond donors (Lipinski definition) is 0. The average Bonchev–Trinajstić information content (AvgIpc) is 2.07. The number of halogens is 1. The van der Waals surface area contributed by atoms with Crippen LogP contribution >= 0.6 is 11.6 Å². The van der Waals surface area contributed by atoms with Crippen LogP contribution in [0.1, 0.15) is 11.7 Å². The maximum Gasteiger partial charge on any atom is 0.0652 e. The van der Waals surface area contributed by atoms with Crippen LogP contribution in [-0.4, -0.2) is 29.9 Å². The van der Waals surface area contributed by atoms with E-state index in [2.05, 4.69) is 9.88 Å². The summed E-state index contributed by atoms with van der Waals surface area (Å²) in [5.41, 5.74) is 1.03. The topological polar surface area (TPSA) is 16.1 Å². The van der Waals surface area contributed by atoms with Crippen molar-refractivity contribution < 1.29 is 0 Å². The molecule has 1 atom stereocenters. The Labute approximate surface area is 78.2 Å². The summed E-state index contributed by atoms with van der Waals surface area (Å²) in [6.45, 7) is 0. The molecular weight excluding hydrogens is 172 g/mol. The first-order chi connectivity index (χ1) is 5.75. The number of aromatic nitrogens is 1. The van der Waals surface area contributed by atoms with Crippen molar-refractivity contribution in [3.8, 4) is 0 Å². The Morgan fingerprint density at radius 2 is 2.25 bits per heavy atom. The van der Waals surface area contributed by atoms with E-state index in [9.17, 15) is 0 Å². The largest absolute Gasteiger partial charge is 0.300 e. The minimum Gasteiger partial charge on any atom is -0.300 e. The molecule has 0 amide bonds. The highest BCUT2D eigenvalue weighted by molar-refractivity contribution is 6.18. The van der Waals surface area contributed by atoms with E-state index in [1.165, 1.54) is 0 Å². The summed E-state index contributed by atoms with van der Waals surface area (Å²) in [4.78, 5) is 6.31. The lowest BCUT2D eigenvalue weighted by Crippen LogP contribution is -2.22. The summed E-state index contributed by atoms with van der Waals surface area (Å²) in [6.07, 6.45) is 1.79. The fourth-order valence-corrected chi connectivity index (χ4v) is 1.49. The molecule has 1 unspecified atom stereocenters. The normalized spacial score (nSPS) is 13.3. The summed E-state index contributed by atoms with van der Waals surface area (Å²) < 4.78 is 0. The highest BCUT2D eigenvalue weighted by Crippen LogP contribution is 2.16. The molecule has 1 heterocycles. The number of alkyl halides is 1. The first kappa shape index (κ1) is 9.49. The minimum atomic E-state index is 0.216. The lowest BCUT2D eigenvalue weighted by molar-refractivity contribution is 0.318. The fraction of sp³-hybridized carbons (Fsp3) is 0.444. The molecule has 1 rings (SSSR count). The molecule has 0 aromatic carbocycles. The molecule has 0 aliphatic heterocycles. The average molecular weight is 185 g/mol. The molecule has 0 spiro atoms. The minimum absolute atomic E-state index is 0.216. The van der Waals surface area contributed by atoms with Gasteiger partial charge in [0, 0.05) is 12.1 Å². The van der Waals surface area contributed by atoms with Crippen LogP contribution < -0.4 is 0 Å². The summed E-state index contributed by atoms with van der Waals surface area (Å²) in [5, 5.41) is 0.